The van der Waals surface area contributed by atoms with Crippen LogP contribution in [-0.2, 0) is 6.54 Å². The molecule has 1 saturated carbocycles. The molecule has 1 heterocycles. The largest absolute Gasteiger partial charge is 0.497 e. The molecule has 3 atom stereocenters. The zero-order chi connectivity index (χ0) is 17.2. The summed E-state index contributed by atoms with van der Waals surface area (Å²) in [4.78, 5) is 5.22. The van der Waals surface area contributed by atoms with Crippen molar-refractivity contribution in [2.45, 2.75) is 19.4 Å². The van der Waals surface area contributed by atoms with Gasteiger partial charge in [-0.1, -0.05) is 18.2 Å². The average Bonchev–Trinajstić information content (AvgIpc) is 3.26. The van der Waals surface area contributed by atoms with Gasteiger partial charge in [0, 0.05) is 50.9 Å². The summed E-state index contributed by atoms with van der Waals surface area (Å²) in [5, 5.41) is 0. The number of nitrogens with zero attached hydrogens (tertiary/aromatic N) is 2. The quantitative estimate of drug-likeness (QED) is 0.742. The summed E-state index contributed by atoms with van der Waals surface area (Å²) in [6.07, 6.45) is 7.76. The summed E-state index contributed by atoms with van der Waals surface area (Å²) in [5.41, 5.74) is 1.25. The summed E-state index contributed by atoms with van der Waals surface area (Å²) in [7, 11) is 3.43. The molecule has 2 fully saturated rings. The van der Waals surface area contributed by atoms with Gasteiger partial charge in [0.2, 0.25) is 0 Å². The third kappa shape index (κ3) is 3.70. The Kier molecular flexibility index (Phi) is 5.00. The van der Waals surface area contributed by atoms with Gasteiger partial charge in [0.1, 0.15) is 11.5 Å². The molecule has 2 aliphatic carbocycles. The maximum Gasteiger partial charge on any atom is 0.127 e. The number of ether oxygens (including phenoxy) is 2. The van der Waals surface area contributed by atoms with Crippen LogP contribution in [0, 0.1) is 17.8 Å². The molecule has 0 aromatic heterocycles. The van der Waals surface area contributed by atoms with Gasteiger partial charge in [0.25, 0.3) is 0 Å². The minimum atomic E-state index is 0.852. The predicted octanol–water partition coefficient (Wildman–Crippen LogP) is 3.03. The summed E-state index contributed by atoms with van der Waals surface area (Å²) >= 11 is 0. The van der Waals surface area contributed by atoms with Crippen LogP contribution in [0.1, 0.15) is 18.4 Å². The minimum absolute atomic E-state index is 0.852. The molecule has 4 nitrogen and oxygen atoms in total. The van der Waals surface area contributed by atoms with Crippen molar-refractivity contribution in [1.82, 2.24) is 9.80 Å². The number of hydrogen-bond donors (Lipinski definition) is 0. The lowest BCUT2D eigenvalue weighted by atomic mass is 9.93. The highest BCUT2D eigenvalue weighted by Crippen LogP contribution is 2.43. The van der Waals surface area contributed by atoms with Crippen LogP contribution in [0.3, 0.4) is 0 Å². The topological polar surface area (TPSA) is 24.9 Å². The number of allylic oxidation sites excluding steroid dienone is 2. The molecule has 1 aromatic rings. The Bertz CT molecular complexity index is 622. The summed E-state index contributed by atoms with van der Waals surface area (Å²) in [6, 6.07) is 6.14. The summed E-state index contributed by atoms with van der Waals surface area (Å²) < 4.78 is 10.8. The molecule has 1 saturated heterocycles. The first-order valence-electron chi connectivity index (χ1n) is 9.59. The summed E-state index contributed by atoms with van der Waals surface area (Å²) in [6.45, 7) is 6.92. The van der Waals surface area contributed by atoms with E-state index in [9.17, 15) is 0 Å². The van der Waals surface area contributed by atoms with Crippen LogP contribution in [0.25, 0.3) is 0 Å². The molecule has 25 heavy (non-hydrogen) atoms. The molecule has 3 aliphatic rings. The molecule has 2 bridgehead atoms. The molecule has 4 rings (SSSR count). The van der Waals surface area contributed by atoms with E-state index in [0.717, 1.165) is 48.9 Å². The average molecular weight is 342 g/mol. The first-order chi connectivity index (χ1) is 12.2. The first kappa shape index (κ1) is 16.9. The van der Waals surface area contributed by atoms with Gasteiger partial charge in [-0.05, 0) is 36.7 Å². The number of benzene rings is 1. The van der Waals surface area contributed by atoms with Gasteiger partial charge in [-0.25, -0.2) is 0 Å². The molecule has 0 unspecified atom stereocenters. The molecule has 0 radical (unpaired) electrons. The van der Waals surface area contributed by atoms with Crippen molar-refractivity contribution < 1.29 is 9.47 Å². The Labute approximate surface area is 151 Å². The van der Waals surface area contributed by atoms with Gasteiger partial charge in [0.05, 0.1) is 14.2 Å². The number of methoxy groups -OCH3 is 2. The van der Waals surface area contributed by atoms with E-state index in [2.05, 4.69) is 28.0 Å². The van der Waals surface area contributed by atoms with Crippen LogP contribution in [0.15, 0.2) is 30.4 Å². The molecular weight excluding hydrogens is 312 g/mol. The second-order valence-electron chi connectivity index (χ2n) is 7.79. The van der Waals surface area contributed by atoms with Gasteiger partial charge >= 0.3 is 0 Å². The highest BCUT2D eigenvalue weighted by molar-refractivity contribution is 5.40. The molecule has 0 N–H and O–H groups in total. The zero-order valence-corrected chi connectivity index (χ0v) is 15.5. The molecule has 0 spiro atoms. The SMILES string of the molecule is COc1ccc(CN2CCN(C[C@H]3C[C@H]4C=C[C@@H]3C4)CC2)c(OC)c1. The van der Waals surface area contributed by atoms with Crippen molar-refractivity contribution in [2.24, 2.45) is 17.8 Å². The highest BCUT2D eigenvalue weighted by atomic mass is 16.5. The molecule has 136 valence electrons. The van der Waals surface area contributed by atoms with Crippen LogP contribution in [0.5, 0.6) is 11.5 Å². The van der Waals surface area contributed by atoms with Crippen molar-refractivity contribution >= 4 is 0 Å². The molecule has 0 amide bonds. The number of rotatable bonds is 6. The zero-order valence-electron chi connectivity index (χ0n) is 15.5. The predicted molar refractivity (Wildman–Crippen MR) is 100 cm³/mol. The maximum absolute atomic E-state index is 5.54. The first-order valence-corrected chi connectivity index (χ1v) is 9.59. The van der Waals surface area contributed by atoms with Crippen LogP contribution < -0.4 is 9.47 Å². The van der Waals surface area contributed by atoms with E-state index in [4.69, 9.17) is 9.47 Å². The van der Waals surface area contributed by atoms with Gasteiger partial charge in [-0.2, -0.15) is 0 Å². The van der Waals surface area contributed by atoms with Crippen molar-refractivity contribution in [1.29, 1.82) is 0 Å². The monoisotopic (exact) mass is 342 g/mol. The lowest BCUT2D eigenvalue weighted by Crippen LogP contribution is -2.47. The molecule has 1 aromatic carbocycles. The maximum atomic E-state index is 5.54. The minimum Gasteiger partial charge on any atom is -0.497 e. The number of fused-ring (bicyclic) bond motifs is 2. The van der Waals surface area contributed by atoms with Gasteiger partial charge in [-0.15, -0.1) is 0 Å². The highest BCUT2D eigenvalue weighted by Gasteiger charge is 2.36. The third-order valence-electron chi connectivity index (χ3n) is 6.26. The van der Waals surface area contributed by atoms with E-state index in [1.807, 2.05) is 12.1 Å². The van der Waals surface area contributed by atoms with Crippen LogP contribution in [0.2, 0.25) is 0 Å². The second kappa shape index (κ2) is 7.38. The van der Waals surface area contributed by atoms with Crippen molar-refractivity contribution in [3.05, 3.63) is 35.9 Å². The lowest BCUT2D eigenvalue weighted by molar-refractivity contribution is 0.108. The van der Waals surface area contributed by atoms with Gasteiger partial charge in [0.15, 0.2) is 0 Å². The van der Waals surface area contributed by atoms with Crippen LogP contribution in [0.4, 0.5) is 0 Å². The summed E-state index contributed by atoms with van der Waals surface area (Å²) in [5.74, 6) is 4.44. The van der Waals surface area contributed by atoms with E-state index >= 15 is 0 Å². The van der Waals surface area contributed by atoms with Crippen molar-refractivity contribution in [3.63, 3.8) is 0 Å². The normalized spacial score (nSPS) is 29.3. The Morgan fingerprint density at radius 1 is 0.960 bits per heavy atom. The second-order valence-corrected chi connectivity index (χ2v) is 7.79. The number of piperazine rings is 1. The molecular formula is C21H30N2O2. The van der Waals surface area contributed by atoms with Crippen molar-refractivity contribution in [3.8, 4) is 11.5 Å². The smallest absolute Gasteiger partial charge is 0.127 e. The van der Waals surface area contributed by atoms with Gasteiger partial charge < -0.3 is 14.4 Å². The van der Waals surface area contributed by atoms with E-state index < -0.39 is 0 Å². The Balaban J connectivity index is 1.28. The van der Waals surface area contributed by atoms with E-state index in [1.54, 1.807) is 14.2 Å². The fourth-order valence-electron chi connectivity index (χ4n) is 4.79. The fourth-order valence-corrected chi connectivity index (χ4v) is 4.79. The fraction of sp³-hybridized carbons (Fsp3) is 0.619. The van der Waals surface area contributed by atoms with E-state index in [0.29, 0.717) is 0 Å². The standard InChI is InChI=1S/C21H30N2O2/c1-24-20-6-5-18(21(13-20)25-2)14-22-7-9-23(10-8-22)15-19-12-16-3-4-17(19)11-16/h3-6,13,16-17,19H,7-12,14-15H2,1-2H3/t16-,17+,19+/m0/s1. The van der Waals surface area contributed by atoms with Crippen LogP contribution >= 0.6 is 0 Å². The molecule has 1 aliphatic heterocycles. The number of hydrogen-bond acceptors (Lipinski definition) is 4. The Morgan fingerprint density at radius 3 is 2.40 bits per heavy atom. The Morgan fingerprint density at radius 2 is 1.76 bits per heavy atom. The van der Waals surface area contributed by atoms with Crippen molar-refractivity contribution in [2.75, 3.05) is 46.9 Å². The molecule has 4 heteroatoms. The third-order valence-corrected chi connectivity index (χ3v) is 6.26. The van der Waals surface area contributed by atoms with E-state index in [-0.39, 0.29) is 0 Å². The van der Waals surface area contributed by atoms with Crippen LogP contribution in [-0.4, -0.2) is 56.7 Å². The Hall–Kier alpha value is -1.52. The van der Waals surface area contributed by atoms with E-state index in [1.165, 1.54) is 38.0 Å². The lowest BCUT2D eigenvalue weighted by Gasteiger charge is -2.37. The van der Waals surface area contributed by atoms with Gasteiger partial charge in [-0.3, -0.25) is 4.90 Å².